The number of likely N-dealkylation sites (N-methyl/N-ethyl adjacent to an activating group) is 1. The molecule has 1 aromatic heterocycles. The van der Waals surface area contributed by atoms with E-state index < -0.39 is 0 Å². The standard InChI is InChI=1S/C24H28N4O3S/c1-16-5-4-6-19(11-16)25-24(32)28(8-7-27(2)3)15-18-12-17-13-21-22(31-10-9-30-21)14-20(17)26-23(18)29/h4-6,11-14H,7-10,15H2,1-3H3,(H,25,32)(H,26,29). The summed E-state index contributed by atoms with van der Waals surface area (Å²) in [5.41, 5.74) is 3.31. The maximum atomic E-state index is 12.9. The second-order valence-corrected chi connectivity index (χ2v) is 8.62. The molecule has 0 fully saturated rings. The fourth-order valence-corrected chi connectivity index (χ4v) is 3.88. The van der Waals surface area contributed by atoms with Gasteiger partial charge in [-0.3, -0.25) is 4.79 Å². The lowest BCUT2D eigenvalue weighted by Crippen LogP contribution is -2.40. The molecule has 0 saturated carbocycles. The molecule has 0 radical (unpaired) electrons. The van der Waals surface area contributed by atoms with Crippen LogP contribution >= 0.6 is 12.2 Å². The summed E-state index contributed by atoms with van der Waals surface area (Å²) in [6.07, 6.45) is 0. The first-order chi connectivity index (χ1) is 15.4. The molecule has 32 heavy (non-hydrogen) atoms. The topological polar surface area (TPSA) is 69.8 Å². The summed E-state index contributed by atoms with van der Waals surface area (Å²) in [5.74, 6) is 1.35. The highest BCUT2D eigenvalue weighted by atomic mass is 32.1. The van der Waals surface area contributed by atoms with Crippen LogP contribution < -0.4 is 20.3 Å². The van der Waals surface area contributed by atoms with Crippen LogP contribution in [0.5, 0.6) is 11.5 Å². The number of rotatable bonds is 6. The second kappa shape index (κ2) is 9.58. The van der Waals surface area contributed by atoms with Crippen molar-refractivity contribution in [2.45, 2.75) is 13.5 Å². The predicted molar refractivity (Wildman–Crippen MR) is 132 cm³/mol. The Bertz CT molecular complexity index is 1190. The van der Waals surface area contributed by atoms with E-state index in [1.165, 1.54) is 0 Å². The Morgan fingerprint density at radius 3 is 2.56 bits per heavy atom. The maximum Gasteiger partial charge on any atom is 0.253 e. The SMILES string of the molecule is Cc1cccc(NC(=S)N(CCN(C)C)Cc2cc3cc4c(cc3[nH]c2=O)OCCO4)c1. The molecular weight excluding hydrogens is 424 g/mol. The monoisotopic (exact) mass is 452 g/mol. The number of aromatic nitrogens is 1. The van der Waals surface area contributed by atoms with Gasteiger partial charge in [0.2, 0.25) is 0 Å². The van der Waals surface area contributed by atoms with Crippen molar-refractivity contribution in [2.75, 3.05) is 45.7 Å². The lowest BCUT2D eigenvalue weighted by molar-refractivity contribution is 0.172. The zero-order valence-electron chi connectivity index (χ0n) is 18.6. The van der Waals surface area contributed by atoms with Gasteiger partial charge >= 0.3 is 0 Å². The molecule has 4 rings (SSSR count). The fraction of sp³-hybridized carbons (Fsp3) is 0.333. The molecule has 168 valence electrons. The number of thiocarbonyl (C=S) groups is 1. The summed E-state index contributed by atoms with van der Waals surface area (Å²) < 4.78 is 11.3. The average molecular weight is 453 g/mol. The Balaban J connectivity index is 1.60. The molecular formula is C24H28N4O3S. The van der Waals surface area contributed by atoms with E-state index in [0.717, 1.165) is 28.7 Å². The van der Waals surface area contributed by atoms with Crippen LogP contribution in [0, 0.1) is 6.92 Å². The highest BCUT2D eigenvalue weighted by Gasteiger charge is 2.17. The molecule has 2 heterocycles. The third-order valence-corrected chi connectivity index (χ3v) is 5.68. The van der Waals surface area contributed by atoms with Crippen LogP contribution in [-0.4, -0.2) is 60.3 Å². The van der Waals surface area contributed by atoms with Crippen molar-refractivity contribution in [2.24, 2.45) is 0 Å². The van der Waals surface area contributed by atoms with E-state index in [0.29, 0.717) is 48.5 Å². The number of pyridine rings is 1. The average Bonchev–Trinajstić information content (AvgIpc) is 2.75. The van der Waals surface area contributed by atoms with Crippen molar-refractivity contribution in [3.63, 3.8) is 0 Å². The van der Waals surface area contributed by atoms with Gasteiger partial charge in [0.25, 0.3) is 5.56 Å². The quantitative estimate of drug-likeness (QED) is 0.556. The Morgan fingerprint density at radius 1 is 1.09 bits per heavy atom. The molecule has 0 aliphatic carbocycles. The van der Waals surface area contributed by atoms with Crippen molar-refractivity contribution in [3.05, 3.63) is 63.9 Å². The molecule has 2 N–H and O–H groups in total. The molecule has 2 aromatic carbocycles. The molecule has 3 aromatic rings. The lowest BCUT2D eigenvalue weighted by atomic mass is 10.1. The third kappa shape index (κ3) is 5.20. The molecule has 0 bridgehead atoms. The van der Waals surface area contributed by atoms with Gasteiger partial charge < -0.3 is 29.6 Å². The normalized spacial score (nSPS) is 12.8. The second-order valence-electron chi connectivity index (χ2n) is 8.23. The Hall–Kier alpha value is -3.10. The van der Waals surface area contributed by atoms with Crippen molar-refractivity contribution < 1.29 is 9.47 Å². The largest absolute Gasteiger partial charge is 0.486 e. The number of benzene rings is 2. The van der Waals surface area contributed by atoms with Crippen LogP contribution in [-0.2, 0) is 6.54 Å². The van der Waals surface area contributed by atoms with Gasteiger partial charge in [0.05, 0.1) is 12.1 Å². The van der Waals surface area contributed by atoms with Crippen LogP contribution in [0.15, 0.2) is 47.3 Å². The Kier molecular flexibility index (Phi) is 6.62. The molecule has 8 heteroatoms. The first-order valence-electron chi connectivity index (χ1n) is 10.6. The van der Waals surface area contributed by atoms with E-state index in [4.69, 9.17) is 21.7 Å². The molecule has 1 aliphatic heterocycles. The molecule has 0 spiro atoms. The minimum Gasteiger partial charge on any atom is -0.486 e. The highest BCUT2D eigenvalue weighted by molar-refractivity contribution is 7.80. The van der Waals surface area contributed by atoms with Gasteiger partial charge in [0.15, 0.2) is 16.6 Å². The Morgan fingerprint density at radius 2 is 1.84 bits per heavy atom. The lowest BCUT2D eigenvalue weighted by Gasteiger charge is -2.27. The number of nitrogens with one attached hydrogen (secondary N) is 2. The van der Waals surface area contributed by atoms with Gasteiger partial charge in [0, 0.05) is 35.8 Å². The summed E-state index contributed by atoms with van der Waals surface area (Å²) in [4.78, 5) is 20.0. The van der Waals surface area contributed by atoms with Crippen LogP contribution in [0.2, 0.25) is 0 Å². The van der Waals surface area contributed by atoms with E-state index in [-0.39, 0.29) is 5.56 Å². The molecule has 0 unspecified atom stereocenters. The first kappa shape index (κ1) is 22.1. The maximum absolute atomic E-state index is 12.9. The molecule has 0 saturated heterocycles. The minimum absolute atomic E-state index is 0.137. The van der Waals surface area contributed by atoms with Gasteiger partial charge in [-0.25, -0.2) is 0 Å². The number of anilines is 1. The van der Waals surface area contributed by atoms with Crippen LogP contribution in [0.3, 0.4) is 0 Å². The zero-order chi connectivity index (χ0) is 22.7. The van der Waals surface area contributed by atoms with Gasteiger partial charge in [-0.2, -0.15) is 0 Å². The summed E-state index contributed by atoms with van der Waals surface area (Å²) in [5, 5.41) is 4.79. The number of H-pyrrole nitrogens is 1. The van der Waals surface area contributed by atoms with Crippen LogP contribution in [0.25, 0.3) is 10.9 Å². The summed E-state index contributed by atoms with van der Waals surface area (Å²) in [7, 11) is 4.03. The van der Waals surface area contributed by atoms with Crippen LogP contribution in [0.1, 0.15) is 11.1 Å². The van der Waals surface area contributed by atoms with Gasteiger partial charge in [0.1, 0.15) is 13.2 Å². The van der Waals surface area contributed by atoms with E-state index >= 15 is 0 Å². The van der Waals surface area contributed by atoms with Crippen molar-refractivity contribution in [1.82, 2.24) is 14.8 Å². The number of ether oxygens (including phenoxy) is 2. The van der Waals surface area contributed by atoms with E-state index in [9.17, 15) is 4.79 Å². The van der Waals surface area contributed by atoms with Gasteiger partial charge in [-0.1, -0.05) is 12.1 Å². The number of aromatic amines is 1. The van der Waals surface area contributed by atoms with E-state index in [2.05, 4.69) is 15.2 Å². The zero-order valence-corrected chi connectivity index (χ0v) is 19.4. The first-order valence-corrected chi connectivity index (χ1v) is 11.0. The number of aryl methyl sites for hydroxylation is 1. The fourth-order valence-electron chi connectivity index (χ4n) is 3.61. The van der Waals surface area contributed by atoms with Crippen LogP contribution in [0.4, 0.5) is 5.69 Å². The number of hydrogen-bond acceptors (Lipinski definition) is 5. The number of hydrogen-bond donors (Lipinski definition) is 2. The van der Waals surface area contributed by atoms with E-state index in [1.807, 2.05) is 68.4 Å². The smallest absolute Gasteiger partial charge is 0.253 e. The summed E-state index contributed by atoms with van der Waals surface area (Å²) >= 11 is 5.72. The van der Waals surface area contributed by atoms with Crippen molar-refractivity contribution >= 4 is 33.9 Å². The summed E-state index contributed by atoms with van der Waals surface area (Å²) in [6.45, 7) is 4.95. The molecule has 0 atom stereocenters. The number of fused-ring (bicyclic) bond motifs is 2. The third-order valence-electron chi connectivity index (χ3n) is 5.32. The highest BCUT2D eigenvalue weighted by Crippen LogP contribution is 2.33. The summed E-state index contributed by atoms with van der Waals surface area (Å²) in [6, 6.07) is 13.7. The van der Waals surface area contributed by atoms with E-state index in [1.54, 1.807) is 0 Å². The van der Waals surface area contributed by atoms with Gasteiger partial charge in [-0.05, 0) is 63.1 Å². The molecule has 0 amide bonds. The molecule has 1 aliphatic rings. The Labute approximate surface area is 192 Å². The number of nitrogens with zero attached hydrogens (tertiary/aromatic N) is 2. The van der Waals surface area contributed by atoms with Crippen molar-refractivity contribution in [1.29, 1.82) is 0 Å². The predicted octanol–water partition coefficient (Wildman–Crippen LogP) is 3.37. The molecule has 7 nitrogen and oxygen atoms in total. The minimum atomic E-state index is -0.137. The van der Waals surface area contributed by atoms with Gasteiger partial charge in [-0.15, -0.1) is 0 Å². The van der Waals surface area contributed by atoms with Crippen molar-refractivity contribution in [3.8, 4) is 11.5 Å².